The van der Waals surface area contributed by atoms with Crippen LogP contribution in [-0.2, 0) is 4.74 Å². The first-order valence-electron chi connectivity index (χ1n) is 5.45. The maximum Gasteiger partial charge on any atom is 0.344 e. The Kier molecular flexibility index (Phi) is 5.82. The minimum absolute atomic E-state index is 0.378. The predicted molar refractivity (Wildman–Crippen MR) is 58.0 cm³/mol. The van der Waals surface area contributed by atoms with Gasteiger partial charge in [0.05, 0.1) is 12.5 Å². The lowest BCUT2D eigenvalue weighted by atomic mass is 10.1. The fourth-order valence-electron chi connectivity index (χ4n) is 1.59. The van der Waals surface area contributed by atoms with Crippen LogP contribution in [0.1, 0.15) is 10.4 Å². The van der Waals surface area contributed by atoms with Crippen LogP contribution < -0.4 is 28.2 Å². The Hall–Kier alpha value is -1.97. The smallest absolute Gasteiger partial charge is 0.344 e. The number of pyridine rings is 1. The summed E-state index contributed by atoms with van der Waals surface area (Å²) in [6.45, 7) is 0. The zero-order chi connectivity index (χ0) is 16.0. The first-order chi connectivity index (χ1) is 9.76. The van der Waals surface area contributed by atoms with Crippen molar-refractivity contribution in [3.8, 4) is 0 Å². The quantitative estimate of drug-likeness (QED) is 0.410. The highest BCUT2D eigenvalue weighted by atomic mass is 35.7. The van der Waals surface area contributed by atoms with Gasteiger partial charge in [-0.05, 0) is 12.1 Å². The van der Waals surface area contributed by atoms with Crippen molar-refractivity contribution in [1.82, 2.24) is 0 Å². The summed E-state index contributed by atoms with van der Waals surface area (Å²) >= 11 is 0. The third kappa shape index (κ3) is 5.50. The number of carbonyl (C=O) groups is 1. The summed E-state index contributed by atoms with van der Waals surface area (Å²) < 4.78 is 40.2. The monoisotopic (exact) mass is 317 g/mol. The van der Waals surface area contributed by atoms with E-state index in [0.717, 1.165) is 10.9 Å². The average Bonchev–Trinajstić information content (AvgIpc) is 2.43. The number of methoxy groups -OCH3 is 1. The van der Waals surface area contributed by atoms with Crippen LogP contribution >= 0.6 is 0 Å². The number of hydrogen-bond acceptors (Lipinski definition) is 7. The number of nitrogens with zero attached hydrogens (tertiary/aromatic N) is 1. The molecular weight excluding hydrogens is 306 g/mol. The van der Waals surface area contributed by atoms with E-state index in [0.29, 0.717) is 5.56 Å². The molecule has 0 saturated heterocycles. The maximum absolute atomic E-state index is 11.4. The fourth-order valence-corrected chi connectivity index (χ4v) is 1.59. The summed E-state index contributed by atoms with van der Waals surface area (Å²) in [4.78, 5) is 16.6. The fraction of sp³-hybridized carbons (Fsp3) is 0.167. The largest absolute Gasteiger partial charge is 0.465 e. The number of ether oxygens (including phenoxy) is 1. The highest BCUT2D eigenvalue weighted by Gasteiger charge is 2.16. The lowest BCUT2D eigenvalue weighted by molar-refractivity contribution is -2.00. The molecule has 0 aliphatic carbocycles. The van der Waals surface area contributed by atoms with Crippen molar-refractivity contribution >= 4 is 16.9 Å². The molecule has 0 atom stereocenters. The molecule has 2 aromatic rings. The van der Waals surface area contributed by atoms with Gasteiger partial charge in [-0.1, -0.05) is 12.1 Å². The van der Waals surface area contributed by atoms with Crippen LogP contribution in [0.2, 0.25) is 0 Å². The van der Waals surface area contributed by atoms with E-state index in [9.17, 15) is 4.79 Å². The standard InChI is InChI=1S/C12H12NO3.ClHO4/c1-15-12(14)10-7-9-5-3-4-6-11(9)13(8-10)16-2;2-1(3,4)5/h3-8H,1-2H3;(H,2,3,4,5)/q+1;/p-1. The Morgan fingerprint density at radius 2 is 1.71 bits per heavy atom. The zero-order valence-corrected chi connectivity index (χ0v) is 11.9. The van der Waals surface area contributed by atoms with Crippen molar-refractivity contribution in [2.45, 2.75) is 0 Å². The Balaban J connectivity index is 0.000000383. The van der Waals surface area contributed by atoms with Crippen LogP contribution in [-0.4, -0.2) is 20.2 Å². The van der Waals surface area contributed by atoms with Crippen LogP contribution in [0.15, 0.2) is 36.5 Å². The van der Waals surface area contributed by atoms with Crippen molar-refractivity contribution < 1.29 is 48.0 Å². The molecule has 0 aliphatic rings. The highest BCUT2D eigenvalue weighted by molar-refractivity contribution is 5.92. The van der Waals surface area contributed by atoms with Crippen molar-refractivity contribution in [2.24, 2.45) is 0 Å². The van der Waals surface area contributed by atoms with E-state index >= 15 is 0 Å². The van der Waals surface area contributed by atoms with Gasteiger partial charge < -0.3 is 4.74 Å². The average molecular weight is 318 g/mol. The number of esters is 1. The number of aromatic nitrogens is 1. The topological polar surface area (TPSA) is 132 Å². The van der Waals surface area contributed by atoms with Gasteiger partial charge in [0.15, 0.2) is 0 Å². The highest BCUT2D eigenvalue weighted by Crippen LogP contribution is 2.11. The molecule has 0 saturated carbocycles. The van der Waals surface area contributed by atoms with E-state index in [1.807, 2.05) is 24.3 Å². The summed E-state index contributed by atoms with van der Waals surface area (Å²) in [6, 6.07) is 9.42. The van der Waals surface area contributed by atoms with Crippen molar-refractivity contribution in [2.75, 3.05) is 14.2 Å². The van der Waals surface area contributed by atoms with Crippen LogP contribution in [0.25, 0.3) is 10.9 Å². The third-order valence-electron chi connectivity index (χ3n) is 2.36. The number of para-hydroxylation sites is 1. The van der Waals surface area contributed by atoms with Crippen molar-refractivity contribution in [1.29, 1.82) is 0 Å². The normalized spacial score (nSPS) is 10.6. The summed E-state index contributed by atoms with van der Waals surface area (Å²) in [5, 5.41) is 0.923. The number of hydrogen-bond donors (Lipinski definition) is 0. The molecule has 1 aromatic carbocycles. The summed E-state index contributed by atoms with van der Waals surface area (Å²) in [7, 11) is -2.04. The van der Waals surface area contributed by atoms with Gasteiger partial charge in [-0.15, -0.1) is 10.2 Å². The van der Waals surface area contributed by atoms with Gasteiger partial charge in [0, 0.05) is 10.8 Å². The molecule has 0 bridgehead atoms. The number of fused-ring (bicyclic) bond motifs is 1. The van der Waals surface area contributed by atoms with Gasteiger partial charge in [0.1, 0.15) is 12.7 Å². The maximum atomic E-state index is 11.4. The first-order valence-corrected chi connectivity index (χ1v) is 6.68. The van der Waals surface area contributed by atoms with Gasteiger partial charge >= 0.3 is 5.97 Å². The van der Waals surface area contributed by atoms with Crippen LogP contribution in [0.4, 0.5) is 0 Å². The number of halogens is 1. The van der Waals surface area contributed by atoms with E-state index < -0.39 is 10.2 Å². The van der Waals surface area contributed by atoms with Gasteiger partial charge in [-0.3, -0.25) is 4.84 Å². The Morgan fingerprint density at radius 1 is 1.14 bits per heavy atom. The second-order valence-electron chi connectivity index (χ2n) is 3.67. The van der Waals surface area contributed by atoms with Crippen molar-refractivity contribution in [3.05, 3.63) is 42.1 Å². The first kappa shape index (κ1) is 17.1. The van der Waals surface area contributed by atoms with E-state index in [1.165, 1.54) is 7.11 Å². The van der Waals surface area contributed by atoms with Crippen LogP contribution in [0.3, 0.4) is 0 Å². The van der Waals surface area contributed by atoms with E-state index in [-0.39, 0.29) is 5.97 Å². The lowest BCUT2D eigenvalue weighted by Crippen LogP contribution is -2.68. The molecule has 0 aliphatic heterocycles. The second-order valence-corrected chi connectivity index (χ2v) is 4.42. The predicted octanol–water partition coefficient (Wildman–Crippen LogP) is -3.78. The van der Waals surface area contributed by atoms with Crippen LogP contribution in [0, 0.1) is 10.2 Å². The van der Waals surface area contributed by atoms with Gasteiger partial charge in [-0.2, -0.15) is 0 Å². The molecule has 0 spiro atoms. The molecule has 21 heavy (non-hydrogen) atoms. The second kappa shape index (κ2) is 7.16. The van der Waals surface area contributed by atoms with Crippen LogP contribution in [0.5, 0.6) is 0 Å². The molecule has 1 aromatic heterocycles. The zero-order valence-electron chi connectivity index (χ0n) is 11.1. The molecule has 2 rings (SSSR count). The summed E-state index contributed by atoms with van der Waals surface area (Å²) in [5.74, 6) is -0.378. The van der Waals surface area contributed by atoms with Gasteiger partial charge in [0.25, 0.3) is 5.52 Å². The molecule has 0 amide bonds. The molecule has 0 fully saturated rings. The summed E-state index contributed by atoms with van der Waals surface area (Å²) in [6.07, 6.45) is 1.61. The Bertz CT molecular complexity index is 621. The minimum Gasteiger partial charge on any atom is -0.465 e. The SMILES string of the molecule is COC(=O)c1cc2ccccc2[n+](OC)c1.[O-][Cl+3]([O-])([O-])[O-]. The molecule has 114 valence electrons. The molecule has 9 heteroatoms. The van der Waals surface area contributed by atoms with E-state index in [2.05, 4.69) is 4.74 Å². The number of carbonyl (C=O) groups excluding carboxylic acids is 1. The molecular formula is C12H12ClNO7. The molecule has 0 N–H and O–H groups in total. The Morgan fingerprint density at radius 3 is 2.24 bits per heavy atom. The van der Waals surface area contributed by atoms with Crippen molar-refractivity contribution in [3.63, 3.8) is 0 Å². The number of rotatable bonds is 2. The lowest BCUT2D eigenvalue weighted by Gasteiger charge is -2.17. The Labute approximate surface area is 122 Å². The van der Waals surface area contributed by atoms with Gasteiger partial charge in [0.2, 0.25) is 6.20 Å². The molecule has 8 nitrogen and oxygen atoms in total. The third-order valence-corrected chi connectivity index (χ3v) is 2.36. The molecule has 0 unspecified atom stereocenters. The van der Waals surface area contributed by atoms with E-state index in [4.69, 9.17) is 23.5 Å². The minimum atomic E-state index is -4.94. The number of benzene rings is 1. The van der Waals surface area contributed by atoms with E-state index in [1.54, 1.807) is 24.1 Å². The molecule has 0 radical (unpaired) electrons. The van der Waals surface area contributed by atoms with Gasteiger partial charge in [-0.25, -0.2) is 23.4 Å². The molecule has 1 heterocycles. The summed E-state index contributed by atoms with van der Waals surface area (Å²) in [5.41, 5.74) is 1.36.